The third kappa shape index (κ3) is 4.50. The van der Waals surface area contributed by atoms with Crippen molar-refractivity contribution in [1.29, 1.82) is 0 Å². The maximum atomic E-state index is 5.94. The number of hydrogen-bond acceptors (Lipinski definition) is 3. The summed E-state index contributed by atoms with van der Waals surface area (Å²) < 4.78 is 5.94. The molecule has 0 bridgehead atoms. The monoisotopic (exact) mass is 262 g/mol. The van der Waals surface area contributed by atoms with Crippen LogP contribution < -0.4 is 10.1 Å². The Labute approximate surface area is 116 Å². The Morgan fingerprint density at radius 3 is 2.74 bits per heavy atom. The smallest absolute Gasteiger partial charge is 0.213 e. The minimum atomic E-state index is 0.730. The second kappa shape index (κ2) is 7.49. The van der Waals surface area contributed by atoms with E-state index < -0.39 is 0 Å². The lowest BCUT2D eigenvalue weighted by atomic mass is 9.90. The van der Waals surface area contributed by atoms with Crippen molar-refractivity contribution in [2.75, 3.05) is 13.7 Å². The van der Waals surface area contributed by atoms with Crippen LogP contribution in [0.4, 0.5) is 0 Å². The molecule has 0 spiro atoms. The lowest BCUT2D eigenvalue weighted by Crippen LogP contribution is -2.16. The fraction of sp³-hybridized carbons (Fsp3) is 0.688. The number of hydrogen-bond donors (Lipinski definition) is 1. The molecule has 0 aliphatic heterocycles. The van der Waals surface area contributed by atoms with Gasteiger partial charge in [0, 0.05) is 18.3 Å². The Balaban J connectivity index is 1.95. The highest BCUT2D eigenvalue weighted by molar-refractivity contribution is 5.25. The third-order valence-electron chi connectivity index (χ3n) is 3.85. The minimum absolute atomic E-state index is 0.730. The van der Waals surface area contributed by atoms with E-state index in [-0.39, 0.29) is 0 Å². The Morgan fingerprint density at radius 2 is 2.05 bits per heavy atom. The van der Waals surface area contributed by atoms with Gasteiger partial charge in [-0.05, 0) is 43.9 Å². The Morgan fingerprint density at radius 1 is 1.26 bits per heavy atom. The van der Waals surface area contributed by atoms with Gasteiger partial charge in [0.05, 0.1) is 6.61 Å². The average molecular weight is 262 g/mol. The normalized spacial score (nSPS) is 16.5. The van der Waals surface area contributed by atoms with Crippen molar-refractivity contribution >= 4 is 0 Å². The van der Waals surface area contributed by atoms with Crippen LogP contribution in [0.3, 0.4) is 0 Å². The molecule has 1 aliphatic rings. The first-order valence-electron chi connectivity index (χ1n) is 7.59. The molecule has 0 saturated heterocycles. The molecule has 1 aliphatic carbocycles. The number of aryl methyl sites for hydroxylation is 1. The molecule has 1 N–H and O–H groups in total. The van der Waals surface area contributed by atoms with Crippen molar-refractivity contribution in [2.24, 2.45) is 5.92 Å². The van der Waals surface area contributed by atoms with Gasteiger partial charge >= 0.3 is 0 Å². The van der Waals surface area contributed by atoms with Crippen LogP contribution in [0.15, 0.2) is 12.1 Å². The second-order valence-corrected chi connectivity index (χ2v) is 5.50. The van der Waals surface area contributed by atoms with Crippen LogP contribution in [-0.4, -0.2) is 18.6 Å². The first kappa shape index (κ1) is 14.3. The second-order valence-electron chi connectivity index (χ2n) is 5.50. The zero-order valence-electron chi connectivity index (χ0n) is 12.2. The van der Waals surface area contributed by atoms with E-state index >= 15 is 0 Å². The van der Waals surface area contributed by atoms with Crippen LogP contribution in [0.2, 0.25) is 0 Å². The highest BCUT2D eigenvalue weighted by Gasteiger charge is 2.14. The number of rotatable bonds is 6. The van der Waals surface area contributed by atoms with Gasteiger partial charge in [-0.25, -0.2) is 4.98 Å². The van der Waals surface area contributed by atoms with Crippen LogP contribution in [0.1, 0.15) is 50.3 Å². The maximum absolute atomic E-state index is 5.94. The third-order valence-corrected chi connectivity index (χ3v) is 3.85. The first-order valence-corrected chi connectivity index (χ1v) is 7.59. The van der Waals surface area contributed by atoms with E-state index in [1.165, 1.54) is 37.7 Å². The molecular weight excluding hydrogens is 236 g/mol. The van der Waals surface area contributed by atoms with E-state index in [1.54, 1.807) is 0 Å². The zero-order chi connectivity index (χ0) is 13.5. The molecule has 0 amide bonds. The summed E-state index contributed by atoms with van der Waals surface area (Å²) in [6.07, 6.45) is 7.71. The van der Waals surface area contributed by atoms with Gasteiger partial charge in [-0.2, -0.15) is 0 Å². The standard InChI is InChI=1S/C16H26N2O/c1-3-15-9-14(11-17-2)10-16(18-15)19-12-13-7-5-4-6-8-13/h9-10,13,17H,3-8,11-12H2,1-2H3. The summed E-state index contributed by atoms with van der Waals surface area (Å²) >= 11 is 0. The van der Waals surface area contributed by atoms with Crippen LogP contribution in [-0.2, 0) is 13.0 Å². The lowest BCUT2D eigenvalue weighted by Gasteiger charge is -2.21. The molecule has 2 rings (SSSR count). The highest BCUT2D eigenvalue weighted by atomic mass is 16.5. The van der Waals surface area contributed by atoms with Gasteiger partial charge < -0.3 is 10.1 Å². The lowest BCUT2D eigenvalue weighted by molar-refractivity contribution is 0.202. The number of aromatic nitrogens is 1. The van der Waals surface area contributed by atoms with Crippen LogP contribution in [0.25, 0.3) is 0 Å². The van der Waals surface area contributed by atoms with Crippen molar-refractivity contribution in [2.45, 2.75) is 52.0 Å². The van der Waals surface area contributed by atoms with E-state index in [0.717, 1.165) is 37.1 Å². The van der Waals surface area contributed by atoms with Crippen LogP contribution in [0, 0.1) is 5.92 Å². The number of ether oxygens (including phenoxy) is 1. The summed E-state index contributed by atoms with van der Waals surface area (Å²) in [6, 6.07) is 4.22. The number of nitrogens with zero attached hydrogens (tertiary/aromatic N) is 1. The van der Waals surface area contributed by atoms with E-state index in [2.05, 4.69) is 29.4 Å². The summed E-state index contributed by atoms with van der Waals surface area (Å²) in [4.78, 5) is 4.57. The van der Waals surface area contributed by atoms with Crippen LogP contribution in [0.5, 0.6) is 5.88 Å². The summed E-state index contributed by atoms with van der Waals surface area (Å²) in [7, 11) is 1.97. The average Bonchev–Trinajstić information content (AvgIpc) is 2.46. The molecule has 1 aromatic rings. The van der Waals surface area contributed by atoms with Gasteiger partial charge in [0.1, 0.15) is 0 Å². The fourth-order valence-corrected chi connectivity index (χ4v) is 2.74. The largest absolute Gasteiger partial charge is 0.477 e. The minimum Gasteiger partial charge on any atom is -0.477 e. The van der Waals surface area contributed by atoms with E-state index in [4.69, 9.17) is 4.74 Å². The van der Waals surface area contributed by atoms with Crippen molar-refractivity contribution in [1.82, 2.24) is 10.3 Å². The molecule has 0 unspecified atom stereocenters. The van der Waals surface area contributed by atoms with Gasteiger partial charge in [0.15, 0.2) is 0 Å². The summed E-state index contributed by atoms with van der Waals surface area (Å²) in [5.41, 5.74) is 2.37. The predicted octanol–water partition coefficient (Wildman–Crippen LogP) is 3.32. The molecule has 3 nitrogen and oxygen atoms in total. The van der Waals surface area contributed by atoms with Crippen LogP contribution >= 0.6 is 0 Å². The van der Waals surface area contributed by atoms with Crippen molar-refractivity contribution in [3.63, 3.8) is 0 Å². The zero-order valence-corrected chi connectivity index (χ0v) is 12.2. The van der Waals surface area contributed by atoms with Gasteiger partial charge in [0.25, 0.3) is 0 Å². The SMILES string of the molecule is CCc1cc(CNC)cc(OCC2CCCCC2)n1. The van der Waals surface area contributed by atoms with Gasteiger partial charge in [0.2, 0.25) is 5.88 Å². The van der Waals surface area contributed by atoms with Gasteiger partial charge in [-0.15, -0.1) is 0 Å². The van der Waals surface area contributed by atoms with Crippen molar-refractivity contribution in [3.8, 4) is 5.88 Å². The summed E-state index contributed by atoms with van der Waals surface area (Å²) in [5, 5.41) is 3.18. The fourth-order valence-electron chi connectivity index (χ4n) is 2.74. The predicted molar refractivity (Wildman–Crippen MR) is 78.4 cm³/mol. The molecule has 106 valence electrons. The Bertz CT molecular complexity index is 386. The highest BCUT2D eigenvalue weighted by Crippen LogP contribution is 2.24. The van der Waals surface area contributed by atoms with Gasteiger partial charge in [-0.3, -0.25) is 0 Å². The topological polar surface area (TPSA) is 34.1 Å². The van der Waals surface area contributed by atoms with Gasteiger partial charge in [-0.1, -0.05) is 26.2 Å². The Hall–Kier alpha value is -1.09. The van der Waals surface area contributed by atoms with E-state index in [1.807, 2.05) is 7.05 Å². The molecule has 0 atom stereocenters. The van der Waals surface area contributed by atoms with Crippen molar-refractivity contribution < 1.29 is 4.74 Å². The number of pyridine rings is 1. The molecule has 1 fully saturated rings. The molecule has 1 saturated carbocycles. The summed E-state index contributed by atoms with van der Waals surface area (Å²) in [6.45, 7) is 3.84. The summed E-state index contributed by atoms with van der Waals surface area (Å²) in [5.74, 6) is 1.53. The molecule has 19 heavy (non-hydrogen) atoms. The molecule has 1 aromatic heterocycles. The molecule has 3 heteroatoms. The number of nitrogens with one attached hydrogen (secondary N) is 1. The maximum Gasteiger partial charge on any atom is 0.213 e. The Kier molecular flexibility index (Phi) is 5.64. The molecule has 1 heterocycles. The molecular formula is C16H26N2O. The molecule has 0 aromatic carbocycles. The van der Waals surface area contributed by atoms with Crippen molar-refractivity contribution in [3.05, 3.63) is 23.4 Å². The van der Waals surface area contributed by atoms with E-state index in [0.29, 0.717) is 0 Å². The van der Waals surface area contributed by atoms with E-state index in [9.17, 15) is 0 Å². The quantitative estimate of drug-likeness (QED) is 0.854. The molecule has 0 radical (unpaired) electrons. The first-order chi connectivity index (χ1) is 9.31.